The van der Waals surface area contributed by atoms with Crippen molar-refractivity contribution >= 4 is 17.8 Å². The van der Waals surface area contributed by atoms with Crippen LogP contribution in [0.15, 0.2) is 24.3 Å². The monoisotopic (exact) mass is 398 g/mol. The number of ether oxygens (including phenoxy) is 1. The second-order valence-corrected chi connectivity index (χ2v) is 9.16. The summed E-state index contributed by atoms with van der Waals surface area (Å²) in [6.45, 7) is 0.735. The van der Waals surface area contributed by atoms with Crippen LogP contribution in [0.3, 0.4) is 0 Å². The molecule has 4 saturated carbocycles. The Balaban J connectivity index is 1.28. The van der Waals surface area contributed by atoms with Crippen molar-refractivity contribution in [3.63, 3.8) is 0 Å². The molecular formula is C23H30N2O4. The number of nitrogens with one attached hydrogen (secondary N) is 2. The van der Waals surface area contributed by atoms with E-state index in [1.54, 1.807) is 12.1 Å². The molecule has 0 radical (unpaired) electrons. The lowest BCUT2D eigenvalue weighted by atomic mass is 9.49. The first-order valence-corrected chi connectivity index (χ1v) is 10.7. The Labute approximate surface area is 171 Å². The molecule has 156 valence electrons. The molecule has 2 N–H and O–H groups in total. The van der Waals surface area contributed by atoms with E-state index in [0.29, 0.717) is 12.1 Å². The molecular weight excluding hydrogens is 368 g/mol. The Hall–Kier alpha value is -2.37. The van der Waals surface area contributed by atoms with Crippen molar-refractivity contribution in [2.75, 3.05) is 13.7 Å². The molecule has 6 heteroatoms. The van der Waals surface area contributed by atoms with E-state index in [-0.39, 0.29) is 36.2 Å². The van der Waals surface area contributed by atoms with Crippen LogP contribution in [0.1, 0.15) is 60.9 Å². The fraction of sp³-hybridized carbons (Fsp3) is 0.609. The largest absolute Gasteiger partial charge is 0.469 e. The van der Waals surface area contributed by atoms with Gasteiger partial charge in [0.15, 0.2) is 0 Å². The molecule has 29 heavy (non-hydrogen) atoms. The molecule has 0 aliphatic heterocycles. The molecule has 4 aliphatic rings. The van der Waals surface area contributed by atoms with Gasteiger partial charge in [0.05, 0.1) is 13.5 Å². The standard InChI is InChI=1S/C23H30N2O4/c1-29-20(26)6-7-24-21(27)19-4-2-15(3-5-19)14-25-22(28)23-11-16-8-17(12-23)10-18(9-16)13-23/h2-5,16-18H,6-14H2,1H3,(H,24,27)(H,25,28). The zero-order valence-corrected chi connectivity index (χ0v) is 17.0. The van der Waals surface area contributed by atoms with Gasteiger partial charge in [-0.15, -0.1) is 0 Å². The zero-order chi connectivity index (χ0) is 20.4. The van der Waals surface area contributed by atoms with Gasteiger partial charge in [-0.05, 0) is 74.0 Å². The fourth-order valence-electron chi connectivity index (χ4n) is 6.01. The highest BCUT2D eigenvalue weighted by Gasteiger charge is 2.54. The molecule has 1 aromatic rings. The van der Waals surface area contributed by atoms with Gasteiger partial charge in [0, 0.05) is 24.1 Å². The van der Waals surface area contributed by atoms with E-state index in [0.717, 1.165) is 42.6 Å². The van der Waals surface area contributed by atoms with E-state index in [4.69, 9.17) is 0 Å². The summed E-state index contributed by atoms with van der Waals surface area (Å²) >= 11 is 0. The van der Waals surface area contributed by atoms with Crippen LogP contribution in [0.2, 0.25) is 0 Å². The van der Waals surface area contributed by atoms with Crippen molar-refractivity contribution in [3.8, 4) is 0 Å². The minimum Gasteiger partial charge on any atom is -0.469 e. The van der Waals surface area contributed by atoms with Crippen molar-refractivity contribution in [1.29, 1.82) is 0 Å². The number of rotatable bonds is 7. The Kier molecular flexibility index (Phi) is 5.61. The molecule has 4 fully saturated rings. The predicted molar refractivity (Wildman–Crippen MR) is 108 cm³/mol. The summed E-state index contributed by atoms with van der Waals surface area (Å²) < 4.78 is 4.55. The van der Waals surface area contributed by atoms with Crippen LogP contribution in [0, 0.1) is 23.2 Å². The zero-order valence-electron chi connectivity index (χ0n) is 17.0. The van der Waals surface area contributed by atoms with E-state index in [2.05, 4.69) is 15.4 Å². The highest BCUT2D eigenvalue weighted by Crippen LogP contribution is 2.60. The first-order chi connectivity index (χ1) is 14.0. The van der Waals surface area contributed by atoms with Crippen molar-refractivity contribution in [3.05, 3.63) is 35.4 Å². The minimum absolute atomic E-state index is 0.131. The lowest BCUT2D eigenvalue weighted by Gasteiger charge is -2.55. The molecule has 0 aromatic heterocycles. The summed E-state index contributed by atoms with van der Waals surface area (Å²) in [7, 11) is 1.32. The van der Waals surface area contributed by atoms with E-state index in [9.17, 15) is 14.4 Å². The van der Waals surface area contributed by atoms with Gasteiger partial charge in [-0.25, -0.2) is 0 Å². The minimum atomic E-state index is -0.351. The maximum atomic E-state index is 13.0. The Bertz CT molecular complexity index is 751. The smallest absolute Gasteiger partial charge is 0.307 e. The molecule has 0 saturated heterocycles. The number of methoxy groups -OCH3 is 1. The van der Waals surface area contributed by atoms with E-state index >= 15 is 0 Å². The molecule has 4 bridgehead atoms. The van der Waals surface area contributed by atoms with Gasteiger partial charge < -0.3 is 15.4 Å². The summed E-state index contributed by atoms with van der Waals surface area (Å²) in [5.41, 5.74) is 1.38. The van der Waals surface area contributed by atoms with Crippen molar-refractivity contribution in [1.82, 2.24) is 10.6 Å². The molecule has 5 rings (SSSR count). The topological polar surface area (TPSA) is 84.5 Å². The lowest BCUT2D eigenvalue weighted by Crippen LogP contribution is -2.53. The van der Waals surface area contributed by atoms with E-state index in [1.807, 2.05) is 12.1 Å². The first kappa shape index (κ1) is 19.9. The van der Waals surface area contributed by atoms with E-state index in [1.165, 1.54) is 26.4 Å². The number of hydrogen-bond donors (Lipinski definition) is 2. The van der Waals surface area contributed by atoms with Gasteiger partial charge in [-0.3, -0.25) is 14.4 Å². The summed E-state index contributed by atoms with van der Waals surface area (Å²) in [5.74, 6) is 1.91. The maximum absolute atomic E-state index is 13.0. The third-order valence-corrected chi connectivity index (χ3v) is 7.03. The fourth-order valence-corrected chi connectivity index (χ4v) is 6.01. The van der Waals surface area contributed by atoms with Crippen LogP contribution in [0.25, 0.3) is 0 Å². The molecule has 0 atom stereocenters. The average Bonchev–Trinajstić information content (AvgIpc) is 2.71. The normalized spacial score (nSPS) is 29.3. The number of carbonyl (C=O) groups excluding carboxylic acids is 3. The van der Waals surface area contributed by atoms with Gasteiger partial charge in [-0.2, -0.15) is 0 Å². The van der Waals surface area contributed by atoms with Crippen LogP contribution in [0.5, 0.6) is 0 Å². The molecule has 4 aliphatic carbocycles. The SMILES string of the molecule is COC(=O)CCNC(=O)c1ccc(CNC(=O)C23CC4CC(CC(C4)C2)C3)cc1. The van der Waals surface area contributed by atoms with Gasteiger partial charge in [0.1, 0.15) is 0 Å². The second kappa shape index (κ2) is 8.17. The van der Waals surface area contributed by atoms with Gasteiger partial charge in [0.2, 0.25) is 5.91 Å². The Morgan fingerprint density at radius 2 is 1.55 bits per heavy atom. The summed E-state index contributed by atoms with van der Waals surface area (Å²) in [6.07, 6.45) is 7.33. The number of esters is 1. The van der Waals surface area contributed by atoms with Crippen LogP contribution in [-0.4, -0.2) is 31.4 Å². The Morgan fingerprint density at radius 1 is 0.966 bits per heavy atom. The van der Waals surface area contributed by atoms with Gasteiger partial charge in [-0.1, -0.05) is 12.1 Å². The number of carbonyl (C=O) groups is 3. The number of amides is 2. The van der Waals surface area contributed by atoms with Crippen LogP contribution >= 0.6 is 0 Å². The predicted octanol–water partition coefficient (Wildman–Crippen LogP) is 2.81. The summed E-state index contributed by atoms with van der Waals surface area (Å²) in [6, 6.07) is 7.24. The quantitative estimate of drug-likeness (QED) is 0.692. The van der Waals surface area contributed by atoms with E-state index < -0.39 is 0 Å². The maximum Gasteiger partial charge on any atom is 0.307 e. The highest BCUT2D eigenvalue weighted by molar-refractivity contribution is 5.94. The molecule has 0 unspecified atom stereocenters. The summed E-state index contributed by atoms with van der Waals surface area (Å²) in [5, 5.41) is 5.87. The third kappa shape index (κ3) is 4.31. The van der Waals surface area contributed by atoms with Crippen LogP contribution in [0.4, 0.5) is 0 Å². The molecule has 6 nitrogen and oxygen atoms in total. The van der Waals surface area contributed by atoms with Gasteiger partial charge in [0.25, 0.3) is 5.91 Å². The van der Waals surface area contributed by atoms with Crippen molar-refractivity contribution < 1.29 is 19.1 Å². The lowest BCUT2D eigenvalue weighted by molar-refractivity contribution is -0.146. The highest BCUT2D eigenvalue weighted by atomic mass is 16.5. The Morgan fingerprint density at radius 3 is 2.10 bits per heavy atom. The molecule has 0 heterocycles. The average molecular weight is 399 g/mol. The van der Waals surface area contributed by atoms with Crippen LogP contribution in [-0.2, 0) is 20.9 Å². The van der Waals surface area contributed by atoms with Crippen molar-refractivity contribution in [2.45, 2.75) is 51.5 Å². The molecule has 2 amide bonds. The van der Waals surface area contributed by atoms with Gasteiger partial charge >= 0.3 is 5.97 Å². The summed E-state index contributed by atoms with van der Waals surface area (Å²) in [4.78, 5) is 36.2. The van der Waals surface area contributed by atoms with Crippen LogP contribution < -0.4 is 10.6 Å². The molecule has 0 spiro atoms. The number of hydrogen-bond acceptors (Lipinski definition) is 4. The van der Waals surface area contributed by atoms with Crippen molar-refractivity contribution in [2.24, 2.45) is 23.2 Å². The second-order valence-electron chi connectivity index (χ2n) is 9.16. The third-order valence-electron chi connectivity index (χ3n) is 7.03. The molecule has 1 aromatic carbocycles. The number of benzene rings is 1. The first-order valence-electron chi connectivity index (χ1n) is 10.7.